The molecule has 9 nitrogen and oxygen atoms in total. The Kier molecular flexibility index (Phi) is 5.90. The average molecular weight is 443 g/mol. The molecule has 3 aromatic rings. The smallest absolute Gasteiger partial charge is 0.254 e. The normalized spacial score (nSPS) is 13.3. The molecule has 0 aliphatic carbocycles. The molecule has 0 unspecified atom stereocenters. The van der Waals surface area contributed by atoms with Crippen LogP contribution < -0.4 is 9.47 Å². The lowest BCUT2D eigenvalue weighted by molar-refractivity contribution is 0.0733. The van der Waals surface area contributed by atoms with E-state index in [1.165, 1.54) is 0 Å². The third kappa shape index (κ3) is 3.87. The summed E-state index contributed by atoms with van der Waals surface area (Å²) in [5, 5.41) is 14.3. The Hall–Kier alpha value is -3.01. The van der Waals surface area contributed by atoms with Crippen molar-refractivity contribution in [1.29, 1.82) is 0 Å². The van der Waals surface area contributed by atoms with Crippen molar-refractivity contribution in [1.82, 2.24) is 29.4 Å². The minimum absolute atomic E-state index is 0.0714. The molecule has 0 saturated carbocycles. The zero-order valence-corrected chi connectivity index (χ0v) is 19.2. The largest absolute Gasteiger partial charge is 0.497 e. The van der Waals surface area contributed by atoms with Crippen LogP contribution in [0.1, 0.15) is 28.5 Å². The fourth-order valence-electron chi connectivity index (χ4n) is 3.83. The van der Waals surface area contributed by atoms with Crippen LogP contribution in [0.15, 0.2) is 23.4 Å². The molecule has 1 aromatic carbocycles. The van der Waals surface area contributed by atoms with Gasteiger partial charge in [0.1, 0.15) is 17.2 Å². The summed E-state index contributed by atoms with van der Waals surface area (Å²) >= 11 is 1.64. The van der Waals surface area contributed by atoms with Crippen molar-refractivity contribution in [2.45, 2.75) is 25.0 Å². The van der Waals surface area contributed by atoms with Gasteiger partial charge in [-0.3, -0.25) is 9.48 Å². The third-order valence-electron chi connectivity index (χ3n) is 5.45. The van der Waals surface area contributed by atoms with Gasteiger partial charge in [-0.1, -0.05) is 18.7 Å². The predicted octanol–water partition coefficient (Wildman–Crippen LogP) is 2.54. The fraction of sp³-hybridized carbons (Fsp3) is 0.429. The number of rotatable bonds is 6. The van der Waals surface area contributed by atoms with Crippen LogP contribution in [-0.4, -0.2) is 61.9 Å². The van der Waals surface area contributed by atoms with E-state index in [2.05, 4.69) is 17.1 Å². The zero-order chi connectivity index (χ0) is 22.1. The van der Waals surface area contributed by atoms with E-state index in [0.29, 0.717) is 36.0 Å². The van der Waals surface area contributed by atoms with E-state index in [9.17, 15) is 4.79 Å². The Labute approximate surface area is 185 Å². The van der Waals surface area contributed by atoms with E-state index < -0.39 is 0 Å². The van der Waals surface area contributed by atoms with Crippen molar-refractivity contribution >= 4 is 17.7 Å². The summed E-state index contributed by atoms with van der Waals surface area (Å²) in [6.45, 7) is 3.15. The SMILES string of the molecule is CCSc1nnc(-c2nn(C)c3c2CN(C(=O)c2cc(OC)cc(OC)c2)CC3)n1C. The van der Waals surface area contributed by atoms with Gasteiger partial charge in [0.2, 0.25) is 0 Å². The molecule has 1 aliphatic rings. The second-order valence-corrected chi connectivity index (χ2v) is 8.50. The molecule has 0 N–H and O–H groups in total. The Bertz CT molecular complexity index is 1100. The quantitative estimate of drug-likeness (QED) is 0.542. The molecule has 0 spiro atoms. The van der Waals surface area contributed by atoms with E-state index >= 15 is 0 Å². The number of aryl methyl sites for hydroxylation is 1. The lowest BCUT2D eigenvalue weighted by Crippen LogP contribution is -2.36. The highest BCUT2D eigenvalue weighted by Crippen LogP contribution is 2.31. The topological polar surface area (TPSA) is 87.3 Å². The van der Waals surface area contributed by atoms with Gasteiger partial charge in [0, 0.05) is 49.9 Å². The lowest BCUT2D eigenvalue weighted by atomic mass is 10.0. The maximum Gasteiger partial charge on any atom is 0.254 e. The minimum atomic E-state index is -0.0714. The number of hydrogen-bond acceptors (Lipinski definition) is 7. The molecule has 10 heteroatoms. The number of fused-ring (bicyclic) bond motifs is 1. The lowest BCUT2D eigenvalue weighted by Gasteiger charge is -2.28. The molecule has 0 bridgehead atoms. The fourth-order valence-corrected chi connectivity index (χ4v) is 4.47. The first-order valence-corrected chi connectivity index (χ1v) is 11.0. The zero-order valence-electron chi connectivity index (χ0n) is 18.4. The number of aromatic nitrogens is 5. The summed E-state index contributed by atoms with van der Waals surface area (Å²) in [6.07, 6.45) is 0.722. The van der Waals surface area contributed by atoms with Crippen LogP contribution in [0, 0.1) is 0 Å². The van der Waals surface area contributed by atoms with E-state index in [1.807, 2.05) is 28.2 Å². The molecule has 1 aliphatic heterocycles. The molecule has 0 saturated heterocycles. The van der Waals surface area contributed by atoms with E-state index in [1.54, 1.807) is 44.2 Å². The van der Waals surface area contributed by atoms with Gasteiger partial charge in [0.25, 0.3) is 5.91 Å². The monoisotopic (exact) mass is 442 g/mol. The van der Waals surface area contributed by atoms with Crippen LogP contribution in [0.3, 0.4) is 0 Å². The van der Waals surface area contributed by atoms with Gasteiger partial charge in [-0.05, 0) is 17.9 Å². The second kappa shape index (κ2) is 8.62. The summed E-state index contributed by atoms with van der Waals surface area (Å²) in [6, 6.07) is 5.23. The summed E-state index contributed by atoms with van der Waals surface area (Å²) in [5.74, 6) is 2.73. The highest BCUT2D eigenvalue weighted by Gasteiger charge is 2.30. The number of hydrogen-bond donors (Lipinski definition) is 0. The number of benzene rings is 1. The van der Waals surface area contributed by atoms with Crippen molar-refractivity contribution in [3.8, 4) is 23.0 Å². The highest BCUT2D eigenvalue weighted by atomic mass is 32.2. The summed E-state index contributed by atoms with van der Waals surface area (Å²) in [7, 11) is 7.03. The van der Waals surface area contributed by atoms with Gasteiger partial charge in [0.05, 0.1) is 20.8 Å². The molecule has 164 valence electrons. The van der Waals surface area contributed by atoms with Crippen LogP contribution in [0.5, 0.6) is 11.5 Å². The van der Waals surface area contributed by atoms with Crippen molar-refractivity contribution in [3.63, 3.8) is 0 Å². The van der Waals surface area contributed by atoms with E-state index in [-0.39, 0.29) is 5.91 Å². The van der Waals surface area contributed by atoms with Gasteiger partial charge < -0.3 is 18.9 Å². The molecule has 1 amide bonds. The van der Waals surface area contributed by atoms with Crippen LogP contribution in [0.25, 0.3) is 11.5 Å². The molecular weight excluding hydrogens is 416 g/mol. The average Bonchev–Trinajstić information content (AvgIpc) is 3.32. The summed E-state index contributed by atoms with van der Waals surface area (Å²) in [4.78, 5) is 15.1. The number of carbonyl (C=O) groups is 1. The summed E-state index contributed by atoms with van der Waals surface area (Å²) in [5.41, 5.74) is 3.44. The van der Waals surface area contributed by atoms with Crippen LogP contribution in [0.4, 0.5) is 0 Å². The standard InChI is InChI=1S/C21H26N6O3S/c1-6-31-21-23-22-19(25(21)2)18-16-12-27(8-7-17(16)26(3)24-18)20(28)13-9-14(29-4)11-15(10-13)30-5/h9-11H,6-8,12H2,1-5H3. The molecule has 4 rings (SSSR count). The van der Waals surface area contributed by atoms with Gasteiger partial charge in [0.15, 0.2) is 11.0 Å². The van der Waals surface area contributed by atoms with Crippen LogP contribution in [0.2, 0.25) is 0 Å². The number of thioether (sulfide) groups is 1. The van der Waals surface area contributed by atoms with Gasteiger partial charge in [-0.2, -0.15) is 5.10 Å². The van der Waals surface area contributed by atoms with Gasteiger partial charge in [-0.15, -0.1) is 10.2 Å². The third-order valence-corrected chi connectivity index (χ3v) is 6.35. The first kappa shape index (κ1) is 21.2. The van der Waals surface area contributed by atoms with Crippen LogP contribution in [-0.2, 0) is 27.1 Å². The second-order valence-electron chi connectivity index (χ2n) is 7.27. The van der Waals surface area contributed by atoms with Crippen molar-refractivity contribution < 1.29 is 14.3 Å². The molecule has 0 fully saturated rings. The minimum Gasteiger partial charge on any atom is -0.497 e. The van der Waals surface area contributed by atoms with E-state index in [4.69, 9.17) is 14.6 Å². The van der Waals surface area contributed by atoms with Crippen LogP contribution >= 0.6 is 11.8 Å². The number of ether oxygens (including phenoxy) is 2. The van der Waals surface area contributed by atoms with Crippen molar-refractivity contribution in [2.75, 3.05) is 26.5 Å². The number of methoxy groups -OCH3 is 2. The first-order valence-electron chi connectivity index (χ1n) is 10.1. The highest BCUT2D eigenvalue weighted by molar-refractivity contribution is 7.99. The maximum atomic E-state index is 13.3. The number of nitrogens with zero attached hydrogens (tertiary/aromatic N) is 6. The Balaban J connectivity index is 1.67. The molecule has 2 aromatic heterocycles. The van der Waals surface area contributed by atoms with Crippen molar-refractivity contribution in [3.05, 3.63) is 35.0 Å². The van der Waals surface area contributed by atoms with E-state index in [0.717, 1.165) is 34.3 Å². The van der Waals surface area contributed by atoms with Gasteiger partial charge in [-0.25, -0.2) is 0 Å². The molecule has 0 atom stereocenters. The number of carbonyl (C=O) groups excluding carboxylic acids is 1. The molecule has 3 heterocycles. The molecule has 31 heavy (non-hydrogen) atoms. The summed E-state index contributed by atoms with van der Waals surface area (Å²) < 4.78 is 14.5. The Morgan fingerprint density at radius 3 is 2.48 bits per heavy atom. The predicted molar refractivity (Wildman–Crippen MR) is 118 cm³/mol. The van der Waals surface area contributed by atoms with Gasteiger partial charge >= 0.3 is 0 Å². The first-order chi connectivity index (χ1) is 15.0. The Morgan fingerprint density at radius 1 is 1.13 bits per heavy atom. The van der Waals surface area contributed by atoms with Crippen molar-refractivity contribution in [2.24, 2.45) is 14.1 Å². The molecular formula is C21H26N6O3S. The maximum absolute atomic E-state index is 13.3. The Morgan fingerprint density at radius 2 is 1.84 bits per heavy atom. The number of amides is 1. The molecule has 0 radical (unpaired) electrons.